The Hall–Kier alpha value is -1.55. The van der Waals surface area contributed by atoms with Gasteiger partial charge in [0.05, 0.1) is 0 Å². The van der Waals surface area contributed by atoms with Gasteiger partial charge in [0.1, 0.15) is 0 Å². The zero-order chi connectivity index (χ0) is 8.97. The summed E-state index contributed by atoms with van der Waals surface area (Å²) in [5.41, 5.74) is 1.68. The van der Waals surface area contributed by atoms with Crippen LogP contribution in [0.3, 0.4) is 0 Å². The molecule has 0 saturated carbocycles. The molecule has 0 fully saturated rings. The summed E-state index contributed by atoms with van der Waals surface area (Å²) in [4.78, 5) is 11.3. The summed E-state index contributed by atoms with van der Waals surface area (Å²) in [6.45, 7) is 3.57. The molecule has 0 aromatic heterocycles. The van der Waals surface area contributed by atoms with E-state index >= 15 is 0 Å². The van der Waals surface area contributed by atoms with Gasteiger partial charge in [0.25, 0.3) is 0 Å². The zero-order valence-electron chi connectivity index (χ0n) is 7.22. The molecule has 0 aliphatic heterocycles. The van der Waals surface area contributed by atoms with Crippen molar-refractivity contribution < 1.29 is 4.79 Å². The summed E-state index contributed by atoms with van der Waals surface area (Å²) >= 11 is 0. The summed E-state index contributed by atoms with van der Waals surface area (Å²) in [5, 5.41) is 0. The van der Waals surface area contributed by atoms with Crippen molar-refractivity contribution >= 4 is 5.78 Å². The van der Waals surface area contributed by atoms with E-state index in [0.29, 0.717) is 5.56 Å². The van der Waals surface area contributed by atoms with Crippen LogP contribution in [0.25, 0.3) is 0 Å². The number of carbonyl (C=O) groups excluding carboxylic acids is 1. The normalized spacial score (nSPS) is 8.50. The van der Waals surface area contributed by atoms with Crippen molar-refractivity contribution in [1.29, 1.82) is 0 Å². The number of benzene rings is 1. The molecule has 1 rings (SSSR count). The minimum absolute atomic E-state index is 0.101. The van der Waals surface area contributed by atoms with Crippen molar-refractivity contribution in [3.05, 3.63) is 35.4 Å². The van der Waals surface area contributed by atoms with Crippen molar-refractivity contribution in [1.82, 2.24) is 0 Å². The second kappa shape index (κ2) is 3.73. The molecule has 0 aliphatic rings. The van der Waals surface area contributed by atoms with Crippen LogP contribution in [-0.4, -0.2) is 5.78 Å². The van der Waals surface area contributed by atoms with E-state index in [-0.39, 0.29) is 5.78 Å². The lowest BCUT2D eigenvalue weighted by atomic mass is 10.1. The summed E-state index contributed by atoms with van der Waals surface area (Å²) in [6, 6.07) is 7.45. The first-order valence-electron chi connectivity index (χ1n) is 3.78. The second-order valence-corrected chi connectivity index (χ2v) is 2.52. The number of carbonyl (C=O) groups is 1. The molecule has 0 amide bonds. The highest BCUT2D eigenvalue weighted by Gasteiger charge is 2.03. The quantitative estimate of drug-likeness (QED) is 0.348. The monoisotopic (exact) mass is 158 g/mol. The van der Waals surface area contributed by atoms with Gasteiger partial charge in [0.2, 0.25) is 5.78 Å². The lowest BCUT2D eigenvalue weighted by Crippen LogP contribution is -1.97. The maximum absolute atomic E-state index is 11.3. The van der Waals surface area contributed by atoms with E-state index in [4.69, 9.17) is 0 Å². The van der Waals surface area contributed by atoms with Crippen LogP contribution in [0.2, 0.25) is 0 Å². The number of hydrogen-bond donors (Lipinski definition) is 0. The third kappa shape index (κ3) is 1.73. The molecule has 1 nitrogen and oxygen atoms in total. The van der Waals surface area contributed by atoms with E-state index in [1.807, 2.05) is 25.1 Å². The second-order valence-electron chi connectivity index (χ2n) is 2.52. The van der Waals surface area contributed by atoms with Gasteiger partial charge in [-0.2, -0.15) is 0 Å². The SMILES string of the molecule is CC#CC(=O)c1ccccc1C. The molecule has 1 aromatic rings. The van der Waals surface area contributed by atoms with Crippen molar-refractivity contribution in [2.75, 3.05) is 0 Å². The van der Waals surface area contributed by atoms with Crippen molar-refractivity contribution in [3.63, 3.8) is 0 Å². The Labute approximate surface area is 72.4 Å². The summed E-state index contributed by atoms with van der Waals surface area (Å²) in [5.74, 6) is 5.01. The van der Waals surface area contributed by atoms with Gasteiger partial charge in [-0.3, -0.25) is 4.79 Å². The van der Waals surface area contributed by atoms with Crippen LogP contribution in [0.15, 0.2) is 24.3 Å². The molecule has 1 heteroatoms. The maximum Gasteiger partial charge on any atom is 0.236 e. The number of aryl methyl sites for hydroxylation is 1. The van der Waals surface area contributed by atoms with Crippen LogP contribution in [0.4, 0.5) is 0 Å². The Morgan fingerprint density at radius 2 is 2.00 bits per heavy atom. The van der Waals surface area contributed by atoms with Crippen LogP contribution < -0.4 is 0 Å². The molecule has 0 spiro atoms. The molecule has 0 bridgehead atoms. The van der Waals surface area contributed by atoms with Gasteiger partial charge in [-0.25, -0.2) is 0 Å². The van der Waals surface area contributed by atoms with Crippen molar-refractivity contribution in [2.24, 2.45) is 0 Å². The molecular weight excluding hydrogens is 148 g/mol. The first-order valence-corrected chi connectivity index (χ1v) is 3.78. The lowest BCUT2D eigenvalue weighted by Gasteiger charge is -1.97. The van der Waals surface area contributed by atoms with Crippen molar-refractivity contribution in [3.8, 4) is 11.8 Å². The van der Waals surface area contributed by atoms with Gasteiger partial charge >= 0.3 is 0 Å². The van der Waals surface area contributed by atoms with Gasteiger partial charge in [-0.1, -0.05) is 30.2 Å². The largest absolute Gasteiger partial charge is 0.279 e. The van der Waals surface area contributed by atoms with Gasteiger partial charge < -0.3 is 0 Å². The summed E-state index contributed by atoms with van der Waals surface area (Å²) < 4.78 is 0. The summed E-state index contributed by atoms with van der Waals surface area (Å²) in [6.07, 6.45) is 0. The Morgan fingerprint density at radius 3 is 2.58 bits per heavy atom. The van der Waals surface area contributed by atoms with Gasteiger partial charge in [-0.15, -0.1) is 0 Å². The van der Waals surface area contributed by atoms with Gasteiger partial charge in [-0.05, 0) is 25.3 Å². The third-order valence-electron chi connectivity index (χ3n) is 1.63. The molecule has 0 N–H and O–H groups in total. The number of ketones is 1. The topological polar surface area (TPSA) is 17.1 Å². The minimum Gasteiger partial charge on any atom is -0.279 e. The molecule has 0 aliphatic carbocycles. The molecule has 60 valence electrons. The first kappa shape index (κ1) is 8.55. The zero-order valence-corrected chi connectivity index (χ0v) is 7.22. The smallest absolute Gasteiger partial charge is 0.236 e. The molecule has 0 radical (unpaired) electrons. The van der Waals surface area contributed by atoms with Gasteiger partial charge in [0, 0.05) is 5.56 Å². The van der Waals surface area contributed by atoms with Crippen LogP contribution in [0.5, 0.6) is 0 Å². The van der Waals surface area contributed by atoms with Crippen LogP contribution >= 0.6 is 0 Å². The fraction of sp³-hybridized carbons (Fsp3) is 0.182. The summed E-state index contributed by atoms with van der Waals surface area (Å²) in [7, 11) is 0. The van der Waals surface area contributed by atoms with Crippen LogP contribution in [0, 0.1) is 18.8 Å². The van der Waals surface area contributed by atoms with E-state index < -0.39 is 0 Å². The molecule has 0 saturated heterocycles. The predicted molar refractivity (Wildman–Crippen MR) is 49.0 cm³/mol. The molecular formula is C11H10O. The van der Waals surface area contributed by atoms with E-state index in [9.17, 15) is 4.79 Å². The predicted octanol–water partition coefficient (Wildman–Crippen LogP) is 2.20. The molecule has 0 unspecified atom stereocenters. The van der Waals surface area contributed by atoms with Gasteiger partial charge in [0.15, 0.2) is 0 Å². The Balaban J connectivity index is 3.08. The van der Waals surface area contributed by atoms with Crippen molar-refractivity contribution in [2.45, 2.75) is 13.8 Å². The van der Waals surface area contributed by atoms with Crippen LogP contribution in [0.1, 0.15) is 22.8 Å². The fourth-order valence-corrected chi connectivity index (χ4v) is 1.01. The molecule has 0 atom stereocenters. The molecule has 12 heavy (non-hydrogen) atoms. The van der Waals surface area contributed by atoms with E-state index in [0.717, 1.165) is 5.56 Å². The fourth-order valence-electron chi connectivity index (χ4n) is 1.01. The highest BCUT2D eigenvalue weighted by Crippen LogP contribution is 2.06. The average molecular weight is 158 g/mol. The lowest BCUT2D eigenvalue weighted by molar-refractivity contribution is 0.105. The first-order chi connectivity index (χ1) is 5.75. The van der Waals surface area contributed by atoms with Crippen LogP contribution in [-0.2, 0) is 0 Å². The molecule has 0 heterocycles. The third-order valence-corrected chi connectivity index (χ3v) is 1.63. The Morgan fingerprint density at radius 1 is 1.33 bits per heavy atom. The van der Waals surface area contributed by atoms with E-state index in [1.165, 1.54) is 0 Å². The Bertz CT molecular complexity index is 353. The van der Waals surface area contributed by atoms with E-state index in [2.05, 4.69) is 11.8 Å². The van der Waals surface area contributed by atoms with E-state index in [1.54, 1.807) is 13.0 Å². The standard InChI is InChI=1S/C11H10O/c1-3-6-11(12)10-8-5-4-7-9(10)2/h4-5,7-8H,1-2H3. The number of rotatable bonds is 1. The highest BCUT2D eigenvalue weighted by molar-refractivity contribution is 6.09. The average Bonchev–Trinajstić information content (AvgIpc) is 2.05. The molecule has 1 aromatic carbocycles. The minimum atomic E-state index is -0.101. The Kier molecular flexibility index (Phi) is 2.66. The number of Topliss-reactive ketones (excluding diaryl/α,β-unsaturated/α-hetero) is 1. The highest BCUT2D eigenvalue weighted by atomic mass is 16.1. The number of hydrogen-bond acceptors (Lipinski definition) is 1. The maximum atomic E-state index is 11.3.